The van der Waals surface area contributed by atoms with Gasteiger partial charge in [-0.1, -0.05) is 36.4 Å². The zero-order valence-corrected chi connectivity index (χ0v) is 8.25. The maximum atomic E-state index is 11.5. The topological polar surface area (TPSA) is 68.5 Å². The van der Waals surface area contributed by atoms with Gasteiger partial charge in [-0.15, -0.1) is 5.32 Å². The fourth-order valence-electron chi connectivity index (χ4n) is 1.56. The SMILES string of the molecule is O=C(O)[N]C(=O)c1cccc2ccccc12. The molecule has 79 valence electrons. The summed E-state index contributed by atoms with van der Waals surface area (Å²) in [6.07, 6.45) is -1.47. The number of benzene rings is 2. The van der Waals surface area contributed by atoms with E-state index in [-0.39, 0.29) is 0 Å². The fraction of sp³-hybridized carbons (Fsp3) is 0. The molecule has 4 nitrogen and oxygen atoms in total. The van der Waals surface area contributed by atoms with E-state index in [0.29, 0.717) is 10.9 Å². The molecule has 0 saturated heterocycles. The Morgan fingerprint density at radius 3 is 2.44 bits per heavy atom. The Balaban J connectivity index is 2.52. The first kappa shape index (κ1) is 10.2. The van der Waals surface area contributed by atoms with Gasteiger partial charge >= 0.3 is 6.09 Å². The Morgan fingerprint density at radius 1 is 1.00 bits per heavy atom. The van der Waals surface area contributed by atoms with Crippen LogP contribution in [0.15, 0.2) is 42.5 Å². The molecular weight excluding hydrogens is 206 g/mol. The van der Waals surface area contributed by atoms with Crippen LogP contribution in [0, 0.1) is 0 Å². The fourth-order valence-corrected chi connectivity index (χ4v) is 1.56. The van der Waals surface area contributed by atoms with Gasteiger partial charge in [0.15, 0.2) is 0 Å². The van der Waals surface area contributed by atoms with Crippen LogP contribution >= 0.6 is 0 Å². The maximum absolute atomic E-state index is 11.5. The molecule has 2 amide bonds. The van der Waals surface area contributed by atoms with Crippen molar-refractivity contribution < 1.29 is 14.7 Å². The van der Waals surface area contributed by atoms with E-state index in [9.17, 15) is 9.59 Å². The summed E-state index contributed by atoms with van der Waals surface area (Å²) in [5, 5.41) is 13.0. The van der Waals surface area contributed by atoms with Gasteiger partial charge in [-0.05, 0) is 16.8 Å². The summed E-state index contributed by atoms with van der Waals surface area (Å²) in [5.41, 5.74) is 0.306. The first-order valence-corrected chi connectivity index (χ1v) is 4.65. The van der Waals surface area contributed by atoms with Crippen LogP contribution in [0.1, 0.15) is 10.4 Å². The highest BCUT2D eigenvalue weighted by atomic mass is 16.4. The van der Waals surface area contributed by atoms with Crippen LogP contribution in [0.4, 0.5) is 4.79 Å². The van der Waals surface area contributed by atoms with Crippen LogP contribution in [0.25, 0.3) is 10.8 Å². The third kappa shape index (κ3) is 1.86. The van der Waals surface area contributed by atoms with Crippen LogP contribution in [0.2, 0.25) is 0 Å². The standard InChI is InChI=1S/C12H8NO3/c14-11(13-12(15)16)10-7-3-5-8-4-1-2-6-9(8)10/h1-7H,(H,15,16). The van der Waals surface area contributed by atoms with E-state index in [2.05, 4.69) is 5.32 Å². The van der Waals surface area contributed by atoms with Gasteiger partial charge in [0, 0.05) is 5.56 Å². The van der Waals surface area contributed by atoms with Gasteiger partial charge in [0.05, 0.1) is 0 Å². The van der Waals surface area contributed by atoms with E-state index in [1.54, 1.807) is 24.3 Å². The van der Waals surface area contributed by atoms with Gasteiger partial charge < -0.3 is 5.11 Å². The third-order valence-electron chi connectivity index (χ3n) is 2.22. The molecule has 2 aromatic carbocycles. The monoisotopic (exact) mass is 214 g/mol. The molecule has 0 fully saturated rings. The molecule has 0 saturated carbocycles. The van der Waals surface area contributed by atoms with Gasteiger partial charge in [-0.3, -0.25) is 4.79 Å². The Labute approximate surface area is 91.5 Å². The van der Waals surface area contributed by atoms with Crippen LogP contribution in [-0.2, 0) is 0 Å². The van der Waals surface area contributed by atoms with Gasteiger partial charge in [0.25, 0.3) is 5.91 Å². The van der Waals surface area contributed by atoms with Crippen LogP contribution in [0.5, 0.6) is 0 Å². The normalized spacial score (nSPS) is 10.0. The van der Waals surface area contributed by atoms with Crippen molar-refractivity contribution in [1.82, 2.24) is 5.32 Å². The summed E-state index contributed by atoms with van der Waals surface area (Å²) in [6, 6.07) is 12.4. The number of carboxylic acid groups (broad SMARTS) is 1. The highest BCUT2D eigenvalue weighted by Gasteiger charge is 2.13. The number of fused-ring (bicyclic) bond motifs is 1. The molecule has 0 aliphatic heterocycles. The number of hydrogen-bond donors (Lipinski definition) is 1. The van der Waals surface area contributed by atoms with Crippen molar-refractivity contribution in [3.63, 3.8) is 0 Å². The number of nitrogens with zero attached hydrogens (tertiary/aromatic N) is 1. The van der Waals surface area contributed by atoms with Gasteiger partial charge in [0.1, 0.15) is 0 Å². The largest absolute Gasteiger partial charge is 0.463 e. The van der Waals surface area contributed by atoms with Crippen molar-refractivity contribution in [2.45, 2.75) is 0 Å². The molecule has 16 heavy (non-hydrogen) atoms. The second kappa shape index (κ2) is 4.02. The van der Waals surface area contributed by atoms with E-state index < -0.39 is 12.0 Å². The van der Waals surface area contributed by atoms with E-state index in [1.807, 2.05) is 18.2 Å². The van der Waals surface area contributed by atoms with Crippen molar-refractivity contribution in [2.24, 2.45) is 0 Å². The number of carbonyl (C=O) groups is 2. The van der Waals surface area contributed by atoms with E-state index in [1.165, 1.54) is 0 Å². The molecule has 1 radical (unpaired) electrons. The predicted molar refractivity (Wildman–Crippen MR) is 58.4 cm³/mol. The zero-order valence-electron chi connectivity index (χ0n) is 8.25. The first-order valence-electron chi connectivity index (χ1n) is 4.65. The lowest BCUT2D eigenvalue weighted by Crippen LogP contribution is -2.21. The van der Waals surface area contributed by atoms with Crippen molar-refractivity contribution in [2.75, 3.05) is 0 Å². The second-order valence-corrected chi connectivity index (χ2v) is 3.23. The lowest BCUT2D eigenvalue weighted by Gasteiger charge is -2.03. The highest BCUT2D eigenvalue weighted by Crippen LogP contribution is 2.18. The number of amides is 2. The minimum absolute atomic E-state index is 0.306. The van der Waals surface area contributed by atoms with Gasteiger partial charge in [-0.2, -0.15) is 0 Å². The summed E-state index contributed by atoms with van der Waals surface area (Å²) >= 11 is 0. The summed E-state index contributed by atoms with van der Waals surface area (Å²) in [6.45, 7) is 0. The van der Waals surface area contributed by atoms with E-state index in [0.717, 1.165) is 5.39 Å². The maximum Gasteiger partial charge on any atom is 0.434 e. The summed E-state index contributed by atoms with van der Waals surface area (Å²) < 4.78 is 0. The molecular formula is C12H8NO3. The third-order valence-corrected chi connectivity index (χ3v) is 2.22. The van der Waals surface area contributed by atoms with Crippen LogP contribution in [-0.4, -0.2) is 17.1 Å². The Bertz CT molecular complexity index is 558. The number of imide groups is 1. The lowest BCUT2D eigenvalue weighted by molar-refractivity contribution is 0.0945. The molecule has 0 bridgehead atoms. The average molecular weight is 214 g/mol. The highest BCUT2D eigenvalue weighted by molar-refractivity contribution is 6.10. The molecule has 0 heterocycles. The zero-order chi connectivity index (χ0) is 11.5. The minimum Gasteiger partial charge on any atom is -0.463 e. The smallest absolute Gasteiger partial charge is 0.434 e. The molecule has 0 aromatic heterocycles. The van der Waals surface area contributed by atoms with Gasteiger partial charge in [-0.25, -0.2) is 4.79 Å². The van der Waals surface area contributed by atoms with E-state index in [4.69, 9.17) is 5.11 Å². The summed E-state index contributed by atoms with van der Waals surface area (Å²) in [7, 11) is 0. The predicted octanol–water partition coefficient (Wildman–Crippen LogP) is 2.26. The Morgan fingerprint density at radius 2 is 1.69 bits per heavy atom. The Hall–Kier alpha value is -2.36. The number of rotatable bonds is 1. The molecule has 0 unspecified atom stereocenters. The molecule has 1 N–H and O–H groups in total. The van der Waals surface area contributed by atoms with Crippen molar-refractivity contribution in [3.05, 3.63) is 48.0 Å². The molecule has 0 aliphatic rings. The molecule has 2 rings (SSSR count). The van der Waals surface area contributed by atoms with Crippen molar-refractivity contribution in [1.29, 1.82) is 0 Å². The summed E-state index contributed by atoms with van der Waals surface area (Å²) in [5.74, 6) is -0.732. The average Bonchev–Trinajstić information content (AvgIpc) is 2.27. The van der Waals surface area contributed by atoms with Crippen molar-refractivity contribution >= 4 is 22.8 Å². The van der Waals surface area contributed by atoms with Crippen LogP contribution < -0.4 is 5.32 Å². The first-order chi connectivity index (χ1) is 7.68. The van der Waals surface area contributed by atoms with Gasteiger partial charge in [0.2, 0.25) is 0 Å². The minimum atomic E-state index is -1.47. The lowest BCUT2D eigenvalue weighted by atomic mass is 10.0. The second-order valence-electron chi connectivity index (χ2n) is 3.23. The van der Waals surface area contributed by atoms with E-state index >= 15 is 0 Å². The number of hydrogen-bond acceptors (Lipinski definition) is 2. The molecule has 0 aliphatic carbocycles. The quantitative estimate of drug-likeness (QED) is 0.791. The molecule has 0 atom stereocenters. The molecule has 4 heteroatoms. The Kier molecular flexibility index (Phi) is 2.55. The molecule has 2 aromatic rings. The van der Waals surface area contributed by atoms with Crippen molar-refractivity contribution in [3.8, 4) is 0 Å². The molecule has 0 spiro atoms. The number of carbonyl (C=O) groups excluding carboxylic acids is 1. The van der Waals surface area contributed by atoms with Crippen LogP contribution in [0.3, 0.4) is 0 Å². The summed E-state index contributed by atoms with van der Waals surface area (Å²) in [4.78, 5) is 21.9.